The van der Waals surface area contributed by atoms with E-state index in [0.717, 1.165) is 44.5 Å². The number of esters is 1. The van der Waals surface area contributed by atoms with Crippen LogP contribution in [0.5, 0.6) is 0 Å². The van der Waals surface area contributed by atoms with Gasteiger partial charge in [0.15, 0.2) is 0 Å². The second-order valence-corrected chi connectivity index (χ2v) is 8.16. The highest BCUT2D eigenvalue weighted by atomic mass is 16.5. The van der Waals surface area contributed by atoms with Gasteiger partial charge in [-0.05, 0) is 80.5 Å². The van der Waals surface area contributed by atoms with Crippen molar-refractivity contribution in [3.8, 4) is 0 Å². The first-order chi connectivity index (χ1) is 14.2. The molecule has 30 heavy (non-hydrogen) atoms. The lowest BCUT2D eigenvalue weighted by atomic mass is 9.82. The number of methoxy groups -OCH3 is 1. The number of benzene rings is 3. The molecule has 0 unspecified atom stereocenters. The second kappa shape index (κ2) is 8.71. The summed E-state index contributed by atoms with van der Waals surface area (Å²) in [6, 6.07) is 18.8. The maximum absolute atomic E-state index is 13.3. The molecule has 0 saturated carbocycles. The molecule has 2 nitrogen and oxygen atoms in total. The Bertz CT molecular complexity index is 1090. The molecule has 2 heteroatoms. The van der Waals surface area contributed by atoms with E-state index < -0.39 is 0 Å². The molecule has 0 radical (unpaired) electrons. The molecule has 0 N–H and O–H groups in total. The second-order valence-electron chi connectivity index (χ2n) is 8.16. The van der Waals surface area contributed by atoms with Crippen LogP contribution in [0.4, 0.5) is 0 Å². The minimum atomic E-state index is -0.316. The van der Waals surface area contributed by atoms with E-state index in [2.05, 4.69) is 77.9 Å². The maximum atomic E-state index is 13.3. The topological polar surface area (TPSA) is 26.3 Å². The molecule has 3 aromatic rings. The number of hydrogen-bond donors (Lipinski definition) is 0. The molecular formula is C28H30O2. The molecule has 3 rings (SSSR count). The van der Waals surface area contributed by atoms with E-state index in [0.29, 0.717) is 5.57 Å². The van der Waals surface area contributed by atoms with Crippen LogP contribution in [0.1, 0.15) is 50.1 Å². The third kappa shape index (κ3) is 4.09. The third-order valence-electron chi connectivity index (χ3n) is 5.56. The van der Waals surface area contributed by atoms with E-state index >= 15 is 0 Å². The SMILES string of the molecule is COC(=O)/C(=C(/c1ccccc1)c1c(C)cc(C)cc1C)c1c(C)cc(C)cc1C. The van der Waals surface area contributed by atoms with Crippen LogP contribution in [0.2, 0.25) is 0 Å². The van der Waals surface area contributed by atoms with Crippen molar-refractivity contribution >= 4 is 17.1 Å². The van der Waals surface area contributed by atoms with E-state index in [1.54, 1.807) is 0 Å². The van der Waals surface area contributed by atoms with Gasteiger partial charge < -0.3 is 4.74 Å². The molecule has 0 bridgehead atoms. The lowest BCUT2D eigenvalue weighted by molar-refractivity contribution is -0.133. The molecule has 0 aliphatic carbocycles. The number of ether oxygens (including phenoxy) is 1. The van der Waals surface area contributed by atoms with Crippen molar-refractivity contribution in [2.75, 3.05) is 7.11 Å². The fourth-order valence-electron chi connectivity index (χ4n) is 4.60. The van der Waals surface area contributed by atoms with Crippen molar-refractivity contribution in [1.82, 2.24) is 0 Å². The molecule has 0 aliphatic heterocycles. The highest BCUT2D eigenvalue weighted by Gasteiger charge is 2.26. The lowest BCUT2D eigenvalue weighted by Crippen LogP contribution is -2.12. The molecule has 0 atom stereocenters. The molecule has 154 valence electrons. The van der Waals surface area contributed by atoms with Crippen molar-refractivity contribution in [3.63, 3.8) is 0 Å². The van der Waals surface area contributed by atoms with Gasteiger partial charge in [-0.2, -0.15) is 0 Å². The molecule has 0 saturated heterocycles. The van der Waals surface area contributed by atoms with Crippen LogP contribution in [0.3, 0.4) is 0 Å². The van der Waals surface area contributed by atoms with Crippen LogP contribution in [0, 0.1) is 41.5 Å². The third-order valence-corrected chi connectivity index (χ3v) is 5.56. The predicted molar refractivity (Wildman–Crippen MR) is 126 cm³/mol. The van der Waals surface area contributed by atoms with E-state index in [1.165, 1.54) is 18.2 Å². The van der Waals surface area contributed by atoms with E-state index in [4.69, 9.17) is 4.74 Å². The molecule has 0 aliphatic rings. The van der Waals surface area contributed by atoms with Gasteiger partial charge >= 0.3 is 5.97 Å². The van der Waals surface area contributed by atoms with Gasteiger partial charge in [-0.3, -0.25) is 0 Å². The van der Waals surface area contributed by atoms with Gasteiger partial charge in [-0.15, -0.1) is 0 Å². The molecular weight excluding hydrogens is 368 g/mol. The number of carbonyl (C=O) groups is 1. The first-order valence-electron chi connectivity index (χ1n) is 10.3. The summed E-state index contributed by atoms with van der Waals surface area (Å²) in [5, 5.41) is 0. The van der Waals surface area contributed by atoms with Crippen molar-refractivity contribution in [2.24, 2.45) is 0 Å². The summed E-state index contributed by atoms with van der Waals surface area (Å²) < 4.78 is 5.34. The molecule has 3 aromatic carbocycles. The lowest BCUT2D eigenvalue weighted by Gasteiger charge is -2.22. The molecule has 0 fully saturated rings. The summed E-state index contributed by atoms with van der Waals surface area (Å²) in [6.07, 6.45) is 0. The summed E-state index contributed by atoms with van der Waals surface area (Å²) in [4.78, 5) is 13.3. The number of rotatable bonds is 4. The summed E-state index contributed by atoms with van der Waals surface area (Å²) in [5.41, 5.74) is 11.4. The van der Waals surface area contributed by atoms with E-state index in [-0.39, 0.29) is 5.97 Å². The van der Waals surface area contributed by atoms with Crippen LogP contribution in [0.25, 0.3) is 11.1 Å². The van der Waals surface area contributed by atoms with Crippen molar-refractivity contribution in [3.05, 3.63) is 105 Å². The van der Waals surface area contributed by atoms with E-state index in [9.17, 15) is 4.79 Å². The fourth-order valence-corrected chi connectivity index (χ4v) is 4.60. The minimum absolute atomic E-state index is 0.316. The first-order valence-corrected chi connectivity index (χ1v) is 10.3. The van der Waals surface area contributed by atoms with Crippen molar-refractivity contribution in [2.45, 2.75) is 41.5 Å². The van der Waals surface area contributed by atoms with Gasteiger partial charge in [0.25, 0.3) is 0 Å². The van der Waals surface area contributed by atoms with Gasteiger partial charge in [0.05, 0.1) is 12.7 Å². The Morgan fingerprint density at radius 2 is 1.10 bits per heavy atom. The maximum Gasteiger partial charge on any atom is 0.339 e. The summed E-state index contributed by atoms with van der Waals surface area (Å²) in [5.74, 6) is -0.316. The molecule has 0 heterocycles. The van der Waals surface area contributed by atoms with Crippen LogP contribution in [0.15, 0.2) is 54.6 Å². The Hall–Kier alpha value is -3.13. The highest BCUT2D eigenvalue weighted by Crippen LogP contribution is 2.39. The van der Waals surface area contributed by atoms with Crippen molar-refractivity contribution < 1.29 is 9.53 Å². The van der Waals surface area contributed by atoms with Crippen LogP contribution in [-0.4, -0.2) is 13.1 Å². The van der Waals surface area contributed by atoms with Crippen LogP contribution in [-0.2, 0) is 9.53 Å². The zero-order valence-electron chi connectivity index (χ0n) is 19.0. The molecule has 0 spiro atoms. The van der Waals surface area contributed by atoms with Crippen LogP contribution < -0.4 is 0 Å². The van der Waals surface area contributed by atoms with Gasteiger partial charge in [-0.1, -0.05) is 65.7 Å². The monoisotopic (exact) mass is 398 g/mol. The van der Waals surface area contributed by atoms with Crippen molar-refractivity contribution in [1.29, 1.82) is 0 Å². The average Bonchev–Trinajstić information content (AvgIpc) is 2.68. The molecule has 0 aromatic heterocycles. The fraction of sp³-hybridized carbons (Fsp3) is 0.250. The van der Waals surface area contributed by atoms with Crippen LogP contribution >= 0.6 is 0 Å². The first kappa shape index (κ1) is 21.6. The Balaban J connectivity index is 2.55. The normalized spacial score (nSPS) is 11.8. The highest BCUT2D eigenvalue weighted by molar-refractivity contribution is 6.27. The minimum Gasteiger partial charge on any atom is -0.465 e. The zero-order chi connectivity index (χ0) is 22.0. The number of hydrogen-bond acceptors (Lipinski definition) is 2. The number of aryl methyl sites for hydroxylation is 6. The van der Waals surface area contributed by atoms with E-state index in [1.807, 2.05) is 18.2 Å². The standard InChI is InChI=1S/C28H30O2/c1-17-13-19(3)24(20(4)14-17)26(23-11-9-8-10-12-23)27(28(29)30-7)25-21(5)15-18(2)16-22(25)6/h8-16H,1-7H3/b27-26-. The Morgan fingerprint density at radius 3 is 1.53 bits per heavy atom. The Labute approximate surface area is 180 Å². The average molecular weight is 399 g/mol. The van der Waals surface area contributed by atoms with Gasteiger partial charge in [0.1, 0.15) is 0 Å². The quantitative estimate of drug-likeness (QED) is 0.279. The van der Waals surface area contributed by atoms with Gasteiger partial charge in [0.2, 0.25) is 0 Å². The Morgan fingerprint density at radius 1 is 0.667 bits per heavy atom. The van der Waals surface area contributed by atoms with Gasteiger partial charge in [-0.25, -0.2) is 4.79 Å². The summed E-state index contributed by atoms with van der Waals surface area (Å²) in [7, 11) is 1.46. The smallest absolute Gasteiger partial charge is 0.339 e. The molecule has 0 amide bonds. The number of carbonyl (C=O) groups excluding carboxylic acids is 1. The Kier molecular flexibility index (Phi) is 6.26. The largest absolute Gasteiger partial charge is 0.465 e. The summed E-state index contributed by atoms with van der Waals surface area (Å²) >= 11 is 0. The zero-order valence-corrected chi connectivity index (χ0v) is 19.0. The predicted octanol–water partition coefficient (Wildman–Crippen LogP) is 6.67. The summed E-state index contributed by atoms with van der Waals surface area (Å²) in [6.45, 7) is 12.5. The van der Waals surface area contributed by atoms with Gasteiger partial charge in [0, 0.05) is 5.57 Å².